The Hall–Kier alpha value is 0.200. The third-order valence-electron chi connectivity index (χ3n) is 2.70. The number of sulfone groups is 1. The first-order valence-corrected chi connectivity index (χ1v) is 5.91. The molecule has 0 aromatic carbocycles. The minimum absolute atomic E-state index is 0. The van der Waals surface area contributed by atoms with Gasteiger partial charge in [0.25, 0.3) is 0 Å². The maximum atomic E-state index is 11.2. The van der Waals surface area contributed by atoms with Crippen LogP contribution in [0.1, 0.15) is 6.42 Å². The maximum absolute atomic E-state index is 11.2. The van der Waals surface area contributed by atoms with Crippen molar-refractivity contribution >= 4 is 22.2 Å². The molecule has 0 radical (unpaired) electrons. The van der Waals surface area contributed by atoms with Gasteiger partial charge in [-0.25, -0.2) is 8.42 Å². The Balaban J connectivity index is 0.000000720. The smallest absolute Gasteiger partial charge is 0.150 e. The lowest BCUT2D eigenvalue weighted by molar-refractivity contribution is 0.318. The molecule has 2 aliphatic rings. The lowest BCUT2D eigenvalue weighted by Crippen LogP contribution is -2.35. The van der Waals surface area contributed by atoms with E-state index in [1.54, 1.807) is 0 Å². The van der Waals surface area contributed by atoms with Crippen molar-refractivity contribution in [2.24, 2.45) is 11.8 Å². The SMILES string of the molecule is Cl.O=S1(=O)C[C@H]2CCNC[C@@H]2C1. The van der Waals surface area contributed by atoms with Crippen molar-refractivity contribution in [3.8, 4) is 0 Å². The summed E-state index contributed by atoms with van der Waals surface area (Å²) in [6.45, 7) is 1.90. The molecular weight excluding hydrogens is 198 g/mol. The molecule has 5 heteroatoms. The monoisotopic (exact) mass is 211 g/mol. The van der Waals surface area contributed by atoms with Crippen LogP contribution in [0.15, 0.2) is 0 Å². The molecule has 72 valence electrons. The van der Waals surface area contributed by atoms with E-state index in [-0.39, 0.29) is 12.4 Å². The van der Waals surface area contributed by atoms with Crippen LogP contribution < -0.4 is 5.32 Å². The van der Waals surface area contributed by atoms with Gasteiger partial charge in [0.05, 0.1) is 11.5 Å². The van der Waals surface area contributed by atoms with E-state index >= 15 is 0 Å². The molecule has 2 aliphatic heterocycles. The van der Waals surface area contributed by atoms with Gasteiger partial charge in [0.15, 0.2) is 9.84 Å². The molecule has 2 saturated heterocycles. The predicted octanol–water partition coefficient (Wildman–Crippen LogP) is 0.0623. The van der Waals surface area contributed by atoms with Crippen LogP contribution in [-0.4, -0.2) is 33.0 Å². The summed E-state index contributed by atoms with van der Waals surface area (Å²) in [6.07, 6.45) is 1.05. The Morgan fingerprint density at radius 2 is 1.83 bits per heavy atom. The van der Waals surface area contributed by atoms with Crippen molar-refractivity contribution < 1.29 is 8.42 Å². The highest BCUT2D eigenvalue weighted by Crippen LogP contribution is 2.29. The topological polar surface area (TPSA) is 46.2 Å². The summed E-state index contributed by atoms with van der Waals surface area (Å²) in [6, 6.07) is 0. The molecule has 0 spiro atoms. The maximum Gasteiger partial charge on any atom is 0.150 e. The molecule has 2 atom stereocenters. The van der Waals surface area contributed by atoms with E-state index in [1.165, 1.54) is 0 Å². The van der Waals surface area contributed by atoms with Crippen LogP contribution in [0.2, 0.25) is 0 Å². The van der Waals surface area contributed by atoms with Crippen LogP contribution in [0.5, 0.6) is 0 Å². The molecule has 0 aromatic rings. The Morgan fingerprint density at radius 3 is 2.50 bits per heavy atom. The van der Waals surface area contributed by atoms with Gasteiger partial charge in [0, 0.05) is 0 Å². The predicted molar refractivity (Wildman–Crippen MR) is 50.4 cm³/mol. The standard InChI is InChI=1S/C7H13NO2S.ClH/c9-11(10)4-6-1-2-8-3-7(6)5-11;/h6-8H,1-5H2;1H/t6-,7-;/m1./s1. The molecule has 0 aliphatic carbocycles. The molecule has 0 unspecified atom stereocenters. The zero-order valence-corrected chi connectivity index (χ0v) is 8.46. The first-order valence-electron chi connectivity index (χ1n) is 4.08. The number of nitrogens with one attached hydrogen (secondary N) is 1. The minimum Gasteiger partial charge on any atom is -0.316 e. The highest BCUT2D eigenvalue weighted by molar-refractivity contribution is 7.91. The van der Waals surface area contributed by atoms with Crippen LogP contribution in [0.3, 0.4) is 0 Å². The number of piperidine rings is 1. The molecule has 3 nitrogen and oxygen atoms in total. The summed E-state index contributed by atoms with van der Waals surface area (Å²) < 4.78 is 22.3. The molecule has 1 N–H and O–H groups in total. The van der Waals surface area contributed by atoms with E-state index < -0.39 is 9.84 Å². The van der Waals surface area contributed by atoms with Gasteiger partial charge in [0.1, 0.15) is 0 Å². The Labute approximate surface area is 79.2 Å². The molecular formula is C7H14ClNO2S. The fourth-order valence-electron chi connectivity index (χ4n) is 2.11. The Bertz CT molecular complexity index is 232. The molecule has 0 amide bonds. The average molecular weight is 212 g/mol. The van der Waals surface area contributed by atoms with Crippen molar-refractivity contribution in [2.75, 3.05) is 24.6 Å². The molecule has 2 heterocycles. The molecule has 2 fully saturated rings. The zero-order valence-electron chi connectivity index (χ0n) is 6.82. The summed E-state index contributed by atoms with van der Waals surface area (Å²) in [5.74, 6) is 1.74. The van der Waals surface area contributed by atoms with Crippen molar-refractivity contribution in [3.05, 3.63) is 0 Å². The third kappa shape index (κ3) is 1.92. The van der Waals surface area contributed by atoms with Crippen molar-refractivity contribution in [1.82, 2.24) is 5.32 Å². The van der Waals surface area contributed by atoms with Crippen molar-refractivity contribution in [2.45, 2.75) is 6.42 Å². The van der Waals surface area contributed by atoms with Crippen molar-refractivity contribution in [1.29, 1.82) is 0 Å². The van der Waals surface area contributed by atoms with Crippen LogP contribution in [0.25, 0.3) is 0 Å². The molecule has 0 saturated carbocycles. The third-order valence-corrected chi connectivity index (χ3v) is 4.57. The first-order chi connectivity index (χ1) is 5.17. The van der Waals surface area contributed by atoms with Crippen LogP contribution in [0, 0.1) is 11.8 Å². The van der Waals surface area contributed by atoms with E-state index in [1.807, 2.05) is 0 Å². The molecule has 2 rings (SSSR count). The lowest BCUT2D eigenvalue weighted by Gasteiger charge is -2.23. The van der Waals surface area contributed by atoms with Gasteiger partial charge in [0.2, 0.25) is 0 Å². The van der Waals surface area contributed by atoms with Crippen molar-refractivity contribution in [3.63, 3.8) is 0 Å². The minimum atomic E-state index is -2.67. The highest BCUT2D eigenvalue weighted by Gasteiger charge is 2.38. The number of rotatable bonds is 0. The number of hydrogen-bond donors (Lipinski definition) is 1. The second kappa shape index (κ2) is 3.52. The normalized spacial score (nSPS) is 38.3. The Kier molecular flexibility index (Phi) is 3.01. The largest absolute Gasteiger partial charge is 0.316 e. The second-order valence-corrected chi connectivity index (χ2v) is 5.74. The van der Waals surface area contributed by atoms with E-state index in [4.69, 9.17) is 0 Å². The van der Waals surface area contributed by atoms with Gasteiger partial charge in [-0.2, -0.15) is 0 Å². The number of halogens is 1. The summed E-state index contributed by atoms with van der Waals surface area (Å²) in [7, 11) is -2.67. The van der Waals surface area contributed by atoms with Crippen LogP contribution >= 0.6 is 12.4 Å². The van der Waals surface area contributed by atoms with Gasteiger partial charge in [-0.15, -0.1) is 12.4 Å². The molecule has 12 heavy (non-hydrogen) atoms. The fraction of sp³-hybridized carbons (Fsp3) is 1.00. The Morgan fingerprint density at radius 1 is 1.17 bits per heavy atom. The van der Waals surface area contributed by atoms with Gasteiger partial charge in [-0.3, -0.25) is 0 Å². The zero-order chi connectivity index (χ0) is 7.90. The fourth-order valence-corrected chi connectivity index (χ4v) is 4.38. The van der Waals surface area contributed by atoms with E-state index in [0.29, 0.717) is 23.3 Å². The average Bonchev–Trinajstić information content (AvgIpc) is 2.21. The number of hydrogen-bond acceptors (Lipinski definition) is 3. The first kappa shape index (κ1) is 10.3. The van der Waals surface area contributed by atoms with E-state index in [0.717, 1.165) is 19.5 Å². The molecule has 0 bridgehead atoms. The highest BCUT2D eigenvalue weighted by atomic mass is 35.5. The number of fused-ring (bicyclic) bond motifs is 1. The van der Waals surface area contributed by atoms with Gasteiger partial charge in [-0.1, -0.05) is 0 Å². The lowest BCUT2D eigenvalue weighted by atomic mass is 9.90. The second-order valence-electron chi connectivity index (χ2n) is 3.59. The quantitative estimate of drug-likeness (QED) is 0.617. The van der Waals surface area contributed by atoms with E-state index in [2.05, 4.69) is 5.32 Å². The van der Waals surface area contributed by atoms with E-state index in [9.17, 15) is 8.42 Å². The summed E-state index contributed by atoms with van der Waals surface area (Å²) in [5, 5.41) is 3.23. The van der Waals surface area contributed by atoms with Crippen LogP contribution in [0.4, 0.5) is 0 Å². The summed E-state index contributed by atoms with van der Waals surface area (Å²) in [4.78, 5) is 0. The van der Waals surface area contributed by atoms with Gasteiger partial charge < -0.3 is 5.32 Å². The summed E-state index contributed by atoms with van der Waals surface area (Å²) in [5.41, 5.74) is 0. The summed E-state index contributed by atoms with van der Waals surface area (Å²) >= 11 is 0. The van der Waals surface area contributed by atoms with Gasteiger partial charge in [-0.05, 0) is 31.3 Å². The van der Waals surface area contributed by atoms with Crippen LogP contribution in [-0.2, 0) is 9.84 Å². The van der Waals surface area contributed by atoms with Gasteiger partial charge >= 0.3 is 0 Å². The molecule has 0 aromatic heterocycles.